The van der Waals surface area contributed by atoms with Gasteiger partial charge in [0.1, 0.15) is 0 Å². The lowest BCUT2D eigenvalue weighted by Gasteiger charge is -2.02. The van der Waals surface area contributed by atoms with Gasteiger partial charge in [-0.05, 0) is 18.1 Å². The number of Topliss-reactive ketones (excluding diaryl/α,β-unsaturated/α-hetero) is 1. The molecular weight excluding hydrogens is 216 g/mol. The molecule has 2 rings (SSSR count). The highest BCUT2D eigenvalue weighted by Crippen LogP contribution is 2.38. The van der Waals surface area contributed by atoms with Crippen LogP contribution in [0.25, 0.3) is 0 Å². The normalized spacial score (nSPS) is 21.2. The minimum Gasteiger partial charge on any atom is -0.294 e. The van der Waals surface area contributed by atoms with Gasteiger partial charge in [0.2, 0.25) is 0 Å². The van der Waals surface area contributed by atoms with Crippen LogP contribution in [0.5, 0.6) is 0 Å². The fourth-order valence-electron chi connectivity index (χ4n) is 1.71. The van der Waals surface area contributed by atoms with Gasteiger partial charge in [-0.15, -0.1) is 0 Å². The van der Waals surface area contributed by atoms with Gasteiger partial charge in [-0.3, -0.25) is 4.79 Å². The van der Waals surface area contributed by atoms with Crippen molar-refractivity contribution in [2.45, 2.75) is 18.2 Å². The third kappa shape index (κ3) is 1.02. The Kier molecular flexibility index (Phi) is 1.80. The van der Waals surface area contributed by atoms with Gasteiger partial charge >= 0.3 is 0 Å². The molecule has 2 heteroatoms. The van der Waals surface area contributed by atoms with Crippen molar-refractivity contribution >= 4 is 21.7 Å². The highest BCUT2D eigenvalue weighted by molar-refractivity contribution is 9.09. The van der Waals surface area contributed by atoms with E-state index in [4.69, 9.17) is 0 Å². The fourth-order valence-corrected chi connectivity index (χ4v) is 2.38. The van der Waals surface area contributed by atoms with Gasteiger partial charge in [-0.2, -0.15) is 0 Å². The molecule has 0 saturated carbocycles. The lowest BCUT2D eigenvalue weighted by Crippen LogP contribution is -1.94. The summed E-state index contributed by atoms with van der Waals surface area (Å²) in [5.74, 6) is 0.268. The van der Waals surface area contributed by atoms with E-state index >= 15 is 0 Å². The summed E-state index contributed by atoms with van der Waals surface area (Å²) in [5, 5.41) is 0. The second kappa shape index (κ2) is 2.70. The molecule has 0 heterocycles. The molecule has 0 amide bonds. The van der Waals surface area contributed by atoms with E-state index in [1.54, 1.807) is 0 Å². The maximum absolute atomic E-state index is 11.5. The molecule has 0 spiro atoms. The Balaban J connectivity index is 2.67. The predicted molar refractivity (Wildman–Crippen MR) is 51.8 cm³/mol. The van der Waals surface area contributed by atoms with E-state index in [2.05, 4.69) is 15.9 Å². The highest BCUT2D eigenvalue weighted by Gasteiger charge is 2.28. The Labute approximate surface area is 79.9 Å². The summed E-state index contributed by atoms with van der Waals surface area (Å²) in [5.41, 5.74) is 3.18. The zero-order chi connectivity index (χ0) is 8.72. The van der Waals surface area contributed by atoms with E-state index in [1.807, 2.05) is 25.1 Å². The lowest BCUT2D eigenvalue weighted by molar-refractivity contribution is 0.0994. The summed E-state index contributed by atoms with van der Waals surface area (Å²) in [6.45, 7) is 1.99. The van der Waals surface area contributed by atoms with Gasteiger partial charge in [-0.1, -0.05) is 34.1 Å². The van der Waals surface area contributed by atoms with Gasteiger partial charge in [0.15, 0.2) is 5.78 Å². The first-order valence-electron chi connectivity index (χ1n) is 3.97. The smallest absolute Gasteiger partial charge is 0.164 e. The maximum Gasteiger partial charge on any atom is 0.164 e. The topological polar surface area (TPSA) is 17.1 Å². The first-order valence-corrected chi connectivity index (χ1v) is 4.88. The Morgan fingerprint density at radius 2 is 2.25 bits per heavy atom. The van der Waals surface area contributed by atoms with Gasteiger partial charge in [-0.25, -0.2) is 0 Å². The van der Waals surface area contributed by atoms with Crippen molar-refractivity contribution in [3.63, 3.8) is 0 Å². The molecule has 0 N–H and O–H groups in total. The first kappa shape index (κ1) is 7.99. The number of fused-ring (bicyclic) bond motifs is 1. The molecule has 1 aliphatic carbocycles. The Bertz CT molecular complexity index is 344. The van der Waals surface area contributed by atoms with Crippen LogP contribution in [-0.2, 0) is 0 Å². The van der Waals surface area contributed by atoms with Crippen LogP contribution in [0.2, 0.25) is 0 Å². The third-order valence-electron chi connectivity index (χ3n) is 2.29. The number of rotatable bonds is 0. The molecule has 0 aromatic heterocycles. The van der Waals surface area contributed by atoms with Crippen molar-refractivity contribution in [2.24, 2.45) is 0 Å². The van der Waals surface area contributed by atoms with Crippen molar-refractivity contribution in [3.05, 3.63) is 34.9 Å². The van der Waals surface area contributed by atoms with E-state index in [-0.39, 0.29) is 10.6 Å². The van der Waals surface area contributed by atoms with Gasteiger partial charge in [0.05, 0.1) is 0 Å². The van der Waals surface area contributed by atoms with E-state index < -0.39 is 0 Å². The molecule has 0 bridgehead atoms. The highest BCUT2D eigenvalue weighted by atomic mass is 79.9. The van der Waals surface area contributed by atoms with Crippen LogP contribution in [0.15, 0.2) is 18.2 Å². The van der Waals surface area contributed by atoms with Gasteiger partial charge < -0.3 is 0 Å². The summed E-state index contributed by atoms with van der Waals surface area (Å²) in [6.07, 6.45) is 0.611. The molecule has 1 aromatic carbocycles. The number of carbonyl (C=O) groups excluding carboxylic acids is 1. The van der Waals surface area contributed by atoms with Crippen molar-refractivity contribution in [1.82, 2.24) is 0 Å². The largest absolute Gasteiger partial charge is 0.294 e. The SMILES string of the molecule is Cc1cccc2c1C(=O)CC2Br. The van der Waals surface area contributed by atoms with E-state index in [0.29, 0.717) is 6.42 Å². The molecule has 0 fully saturated rings. The summed E-state index contributed by atoms with van der Waals surface area (Å²) >= 11 is 3.49. The van der Waals surface area contributed by atoms with Crippen LogP contribution in [0.3, 0.4) is 0 Å². The molecule has 62 valence electrons. The van der Waals surface area contributed by atoms with Crippen LogP contribution in [-0.4, -0.2) is 5.78 Å². The van der Waals surface area contributed by atoms with Crippen LogP contribution in [0.4, 0.5) is 0 Å². The van der Waals surface area contributed by atoms with E-state index in [9.17, 15) is 4.79 Å². The fraction of sp³-hybridized carbons (Fsp3) is 0.300. The second-order valence-corrected chi connectivity index (χ2v) is 4.24. The number of aryl methyl sites for hydroxylation is 1. The molecule has 0 radical (unpaired) electrons. The van der Waals surface area contributed by atoms with Crippen molar-refractivity contribution < 1.29 is 4.79 Å². The molecule has 1 unspecified atom stereocenters. The zero-order valence-electron chi connectivity index (χ0n) is 6.80. The lowest BCUT2D eigenvalue weighted by atomic mass is 10.0. The molecule has 0 aliphatic heterocycles. The standard InChI is InChI=1S/C10H9BrO/c1-6-3-2-4-7-8(11)5-9(12)10(6)7/h2-4,8H,5H2,1H3. The summed E-state index contributed by atoms with van der Waals surface area (Å²) < 4.78 is 0. The molecular formula is C10H9BrO. The summed E-state index contributed by atoms with van der Waals surface area (Å²) in [4.78, 5) is 11.7. The Hall–Kier alpha value is -0.630. The molecule has 1 aliphatic rings. The number of hydrogen-bond acceptors (Lipinski definition) is 1. The molecule has 1 nitrogen and oxygen atoms in total. The summed E-state index contributed by atoms with van der Waals surface area (Å²) in [6, 6.07) is 6.01. The second-order valence-electron chi connectivity index (χ2n) is 3.13. The maximum atomic E-state index is 11.5. The van der Waals surface area contributed by atoms with Gasteiger partial charge in [0.25, 0.3) is 0 Å². The van der Waals surface area contributed by atoms with E-state index in [0.717, 1.165) is 16.7 Å². The minimum atomic E-state index is 0.236. The minimum absolute atomic E-state index is 0.236. The number of benzene rings is 1. The number of halogens is 1. The number of ketones is 1. The van der Waals surface area contributed by atoms with Crippen molar-refractivity contribution in [1.29, 1.82) is 0 Å². The molecule has 1 aromatic rings. The van der Waals surface area contributed by atoms with Crippen LogP contribution in [0, 0.1) is 6.92 Å². The number of alkyl halides is 1. The van der Waals surface area contributed by atoms with Crippen molar-refractivity contribution in [2.75, 3.05) is 0 Å². The molecule has 0 saturated heterocycles. The zero-order valence-corrected chi connectivity index (χ0v) is 8.39. The predicted octanol–water partition coefficient (Wildman–Crippen LogP) is 3.02. The summed E-state index contributed by atoms with van der Waals surface area (Å²) in [7, 11) is 0. The molecule has 12 heavy (non-hydrogen) atoms. The monoisotopic (exact) mass is 224 g/mol. The van der Waals surface area contributed by atoms with Crippen LogP contribution < -0.4 is 0 Å². The number of hydrogen-bond donors (Lipinski definition) is 0. The third-order valence-corrected chi connectivity index (χ3v) is 3.10. The average Bonchev–Trinajstić information content (AvgIpc) is 2.29. The van der Waals surface area contributed by atoms with Crippen LogP contribution >= 0.6 is 15.9 Å². The van der Waals surface area contributed by atoms with Crippen molar-refractivity contribution in [3.8, 4) is 0 Å². The van der Waals surface area contributed by atoms with E-state index in [1.165, 1.54) is 0 Å². The Morgan fingerprint density at radius 1 is 1.50 bits per heavy atom. The molecule has 1 atom stereocenters. The quantitative estimate of drug-likeness (QED) is 0.620. The number of carbonyl (C=O) groups is 1. The first-order chi connectivity index (χ1) is 5.70. The average molecular weight is 225 g/mol. The van der Waals surface area contributed by atoms with Crippen LogP contribution in [0.1, 0.15) is 32.7 Å². The Morgan fingerprint density at radius 3 is 2.92 bits per heavy atom. The van der Waals surface area contributed by atoms with Gasteiger partial charge in [0, 0.05) is 16.8 Å².